The highest BCUT2D eigenvalue weighted by Crippen LogP contribution is 2.33. The van der Waals surface area contributed by atoms with Crippen LogP contribution in [0.1, 0.15) is 43.2 Å². The second-order valence-electron chi connectivity index (χ2n) is 8.09. The Morgan fingerprint density at radius 1 is 1.10 bits per heavy atom. The first-order chi connectivity index (χ1) is 14.6. The van der Waals surface area contributed by atoms with Gasteiger partial charge in [-0.2, -0.15) is 0 Å². The molecule has 3 aromatic rings. The number of hydrogen-bond acceptors (Lipinski definition) is 3. The van der Waals surface area contributed by atoms with Crippen molar-refractivity contribution in [3.63, 3.8) is 0 Å². The van der Waals surface area contributed by atoms with E-state index in [1.165, 1.54) is 6.42 Å². The normalized spacial score (nSPS) is 14.6. The molecule has 1 aliphatic rings. The van der Waals surface area contributed by atoms with Gasteiger partial charge in [-0.1, -0.05) is 49.6 Å². The number of amides is 1. The number of aromatic nitrogens is 1. The van der Waals surface area contributed by atoms with E-state index in [2.05, 4.69) is 4.98 Å². The summed E-state index contributed by atoms with van der Waals surface area (Å²) in [6.07, 6.45) is 5.13. The zero-order chi connectivity index (χ0) is 21.1. The van der Waals surface area contributed by atoms with Gasteiger partial charge in [-0.25, -0.2) is 0 Å². The molecular formula is C25H28N2O3. The van der Waals surface area contributed by atoms with Gasteiger partial charge in [0, 0.05) is 11.5 Å². The Labute approximate surface area is 176 Å². The maximum Gasteiger partial charge on any atom is 0.253 e. The van der Waals surface area contributed by atoms with Crippen molar-refractivity contribution in [2.45, 2.75) is 45.6 Å². The molecule has 1 aliphatic carbocycles. The molecule has 1 fully saturated rings. The Balaban J connectivity index is 1.76. The lowest BCUT2D eigenvalue weighted by Crippen LogP contribution is -2.38. The van der Waals surface area contributed by atoms with Gasteiger partial charge in [-0.15, -0.1) is 0 Å². The molecule has 30 heavy (non-hydrogen) atoms. The SMILES string of the molecule is COc1ccccc1N(Cc1cc2cccc(C)c2[nH]c1=O)C(=O)C1CCCCC1. The van der Waals surface area contributed by atoms with Crippen molar-refractivity contribution in [2.24, 2.45) is 5.92 Å². The van der Waals surface area contributed by atoms with E-state index < -0.39 is 0 Å². The van der Waals surface area contributed by atoms with Crippen LogP contribution in [0.25, 0.3) is 10.9 Å². The van der Waals surface area contributed by atoms with Gasteiger partial charge in [-0.3, -0.25) is 9.59 Å². The lowest BCUT2D eigenvalue weighted by molar-refractivity contribution is -0.123. The molecule has 156 valence electrons. The lowest BCUT2D eigenvalue weighted by Gasteiger charge is -2.30. The molecule has 4 rings (SSSR count). The van der Waals surface area contributed by atoms with E-state index in [0.717, 1.165) is 42.1 Å². The Morgan fingerprint density at radius 2 is 1.87 bits per heavy atom. The standard InChI is InChI=1S/C25H28N2O3/c1-17-9-8-12-19-15-20(24(28)26-23(17)19)16-27(21-13-6-7-14-22(21)30-2)25(29)18-10-4-3-5-11-18/h6-9,12-15,18H,3-5,10-11,16H2,1-2H3,(H,26,28). The van der Waals surface area contributed by atoms with Gasteiger partial charge in [0.25, 0.3) is 5.56 Å². The van der Waals surface area contributed by atoms with E-state index in [1.54, 1.807) is 12.0 Å². The number of nitrogens with one attached hydrogen (secondary N) is 1. The van der Waals surface area contributed by atoms with Crippen LogP contribution < -0.4 is 15.2 Å². The van der Waals surface area contributed by atoms with Gasteiger partial charge < -0.3 is 14.6 Å². The average Bonchev–Trinajstić information content (AvgIpc) is 2.78. The van der Waals surface area contributed by atoms with Crippen molar-refractivity contribution < 1.29 is 9.53 Å². The summed E-state index contributed by atoms with van der Waals surface area (Å²) in [6.45, 7) is 2.20. The van der Waals surface area contributed by atoms with Crippen LogP contribution in [0.4, 0.5) is 5.69 Å². The predicted octanol–water partition coefficient (Wildman–Crippen LogP) is 4.96. The third-order valence-corrected chi connectivity index (χ3v) is 6.09. The molecule has 0 bridgehead atoms. The van der Waals surface area contributed by atoms with Gasteiger partial charge in [0.1, 0.15) is 5.75 Å². The van der Waals surface area contributed by atoms with Crippen molar-refractivity contribution in [3.05, 3.63) is 70.0 Å². The van der Waals surface area contributed by atoms with Crippen LogP contribution >= 0.6 is 0 Å². The number of aryl methyl sites for hydroxylation is 1. The number of nitrogens with zero attached hydrogens (tertiary/aromatic N) is 1. The summed E-state index contributed by atoms with van der Waals surface area (Å²) >= 11 is 0. The second kappa shape index (κ2) is 8.74. The summed E-state index contributed by atoms with van der Waals surface area (Å²) in [7, 11) is 1.60. The monoisotopic (exact) mass is 404 g/mol. The van der Waals surface area contributed by atoms with Crippen LogP contribution in [0.15, 0.2) is 53.3 Å². The fraction of sp³-hybridized carbons (Fsp3) is 0.360. The van der Waals surface area contributed by atoms with Gasteiger partial charge in [0.15, 0.2) is 0 Å². The first-order valence-corrected chi connectivity index (χ1v) is 10.6. The van der Waals surface area contributed by atoms with Crippen LogP contribution in [-0.2, 0) is 11.3 Å². The first-order valence-electron chi connectivity index (χ1n) is 10.6. The maximum atomic E-state index is 13.6. The number of carbonyl (C=O) groups is 1. The van der Waals surface area contributed by atoms with Crippen molar-refractivity contribution in [3.8, 4) is 5.75 Å². The van der Waals surface area contributed by atoms with E-state index in [0.29, 0.717) is 17.0 Å². The number of H-pyrrole nitrogens is 1. The Hall–Kier alpha value is -3.08. The smallest absolute Gasteiger partial charge is 0.253 e. The summed E-state index contributed by atoms with van der Waals surface area (Å²) in [5, 5.41) is 0.967. The molecule has 0 aliphatic heterocycles. The summed E-state index contributed by atoms with van der Waals surface area (Å²) in [5.74, 6) is 0.697. The molecule has 2 aromatic carbocycles. The zero-order valence-electron chi connectivity index (χ0n) is 17.6. The fourth-order valence-electron chi connectivity index (χ4n) is 4.42. The van der Waals surface area contributed by atoms with Crippen LogP contribution in [0.3, 0.4) is 0 Å². The topological polar surface area (TPSA) is 62.4 Å². The van der Waals surface area contributed by atoms with Crippen LogP contribution in [0.2, 0.25) is 0 Å². The summed E-state index contributed by atoms with van der Waals surface area (Å²) in [4.78, 5) is 31.2. The molecule has 5 nitrogen and oxygen atoms in total. The van der Waals surface area contributed by atoms with Crippen LogP contribution in [0.5, 0.6) is 5.75 Å². The van der Waals surface area contributed by atoms with Crippen molar-refractivity contribution >= 4 is 22.5 Å². The van der Waals surface area contributed by atoms with E-state index in [-0.39, 0.29) is 23.9 Å². The molecule has 0 saturated heterocycles. The number of para-hydroxylation sites is 3. The van der Waals surface area contributed by atoms with E-state index in [1.807, 2.05) is 55.5 Å². The van der Waals surface area contributed by atoms with Crippen molar-refractivity contribution in [1.82, 2.24) is 4.98 Å². The maximum absolute atomic E-state index is 13.6. The number of anilines is 1. The molecule has 0 spiro atoms. The minimum Gasteiger partial charge on any atom is -0.495 e. The minimum absolute atomic E-state index is 0.00885. The summed E-state index contributed by atoms with van der Waals surface area (Å²) in [6, 6.07) is 15.4. The number of benzene rings is 2. The van der Waals surface area contributed by atoms with Crippen molar-refractivity contribution in [1.29, 1.82) is 0 Å². The third kappa shape index (κ3) is 3.97. The summed E-state index contributed by atoms with van der Waals surface area (Å²) < 4.78 is 5.54. The number of aromatic amines is 1. The number of rotatable bonds is 5. The molecular weight excluding hydrogens is 376 g/mol. The highest BCUT2D eigenvalue weighted by atomic mass is 16.5. The van der Waals surface area contributed by atoms with Crippen molar-refractivity contribution in [2.75, 3.05) is 12.0 Å². The Bertz CT molecular complexity index is 1110. The van der Waals surface area contributed by atoms with Gasteiger partial charge in [0.2, 0.25) is 5.91 Å². The quantitative estimate of drug-likeness (QED) is 0.654. The molecule has 1 N–H and O–H groups in total. The van der Waals surface area contributed by atoms with Gasteiger partial charge in [-0.05, 0) is 48.9 Å². The molecule has 5 heteroatoms. The number of fused-ring (bicyclic) bond motifs is 1. The minimum atomic E-state index is -0.159. The zero-order valence-corrected chi connectivity index (χ0v) is 17.6. The van der Waals surface area contributed by atoms with Crippen LogP contribution in [-0.4, -0.2) is 18.0 Å². The highest BCUT2D eigenvalue weighted by molar-refractivity contribution is 5.96. The fourth-order valence-corrected chi connectivity index (χ4v) is 4.42. The molecule has 1 aromatic heterocycles. The molecule has 0 unspecified atom stereocenters. The van der Waals surface area contributed by atoms with Gasteiger partial charge in [0.05, 0.1) is 24.9 Å². The largest absolute Gasteiger partial charge is 0.495 e. The predicted molar refractivity (Wildman–Crippen MR) is 120 cm³/mol. The van der Waals surface area contributed by atoms with Crippen LogP contribution in [0, 0.1) is 12.8 Å². The second-order valence-corrected chi connectivity index (χ2v) is 8.09. The van der Waals surface area contributed by atoms with Gasteiger partial charge >= 0.3 is 0 Å². The van der Waals surface area contributed by atoms with E-state index >= 15 is 0 Å². The number of carbonyl (C=O) groups excluding carboxylic acids is 1. The molecule has 0 atom stereocenters. The molecule has 1 amide bonds. The lowest BCUT2D eigenvalue weighted by atomic mass is 9.88. The first kappa shape index (κ1) is 20.2. The Morgan fingerprint density at radius 3 is 2.63 bits per heavy atom. The number of methoxy groups -OCH3 is 1. The van der Waals surface area contributed by atoms with E-state index in [4.69, 9.17) is 4.74 Å². The Kier molecular flexibility index (Phi) is 5.88. The number of pyridine rings is 1. The average molecular weight is 405 g/mol. The number of ether oxygens (including phenoxy) is 1. The highest BCUT2D eigenvalue weighted by Gasteiger charge is 2.29. The number of hydrogen-bond donors (Lipinski definition) is 1. The summed E-state index contributed by atoms with van der Waals surface area (Å²) in [5.41, 5.74) is 2.99. The molecule has 1 saturated carbocycles. The molecule has 1 heterocycles. The van der Waals surface area contributed by atoms with E-state index in [9.17, 15) is 9.59 Å². The molecule has 0 radical (unpaired) electrons. The third-order valence-electron chi connectivity index (χ3n) is 6.09.